The Labute approximate surface area is 161 Å². The number of nitrogens with zero attached hydrogens (tertiary/aromatic N) is 4. The summed E-state index contributed by atoms with van der Waals surface area (Å²) in [6, 6.07) is 10.5. The fourth-order valence-corrected chi connectivity index (χ4v) is 3.55. The van der Waals surface area contributed by atoms with E-state index < -0.39 is 0 Å². The summed E-state index contributed by atoms with van der Waals surface area (Å²) in [6.07, 6.45) is 5.07. The molecule has 2 heterocycles. The highest BCUT2D eigenvalue weighted by atomic mass is 16.5. The smallest absolute Gasteiger partial charge is 0.191 e. The van der Waals surface area contributed by atoms with Crippen LogP contribution in [0.15, 0.2) is 41.7 Å². The van der Waals surface area contributed by atoms with Crippen LogP contribution in [0.3, 0.4) is 0 Å². The van der Waals surface area contributed by atoms with Crippen molar-refractivity contribution in [1.82, 2.24) is 25.4 Å². The average molecular weight is 371 g/mol. The summed E-state index contributed by atoms with van der Waals surface area (Å²) in [5.74, 6) is 2.26. The molecular formula is C20H30N6O. The molecule has 0 saturated carbocycles. The number of hydrogen-bond acceptors (Lipinski definition) is 4. The van der Waals surface area contributed by atoms with E-state index in [2.05, 4.69) is 61.6 Å². The van der Waals surface area contributed by atoms with E-state index in [0.29, 0.717) is 5.92 Å². The molecule has 146 valence electrons. The third kappa shape index (κ3) is 5.29. The topological polar surface area (TPSA) is 76.4 Å². The van der Waals surface area contributed by atoms with E-state index in [9.17, 15) is 0 Å². The minimum atomic E-state index is 0.148. The van der Waals surface area contributed by atoms with Gasteiger partial charge in [-0.3, -0.25) is 4.99 Å². The van der Waals surface area contributed by atoms with Gasteiger partial charge in [0.2, 0.25) is 0 Å². The molecule has 1 saturated heterocycles. The Bertz CT molecular complexity index is 714. The first-order valence-electron chi connectivity index (χ1n) is 9.79. The van der Waals surface area contributed by atoms with Gasteiger partial charge in [-0.15, -0.1) is 10.2 Å². The van der Waals surface area contributed by atoms with Gasteiger partial charge in [-0.05, 0) is 18.4 Å². The molecule has 27 heavy (non-hydrogen) atoms. The fourth-order valence-electron chi connectivity index (χ4n) is 3.55. The Hall–Kier alpha value is -2.41. The normalized spacial score (nSPS) is 20.4. The van der Waals surface area contributed by atoms with Crippen molar-refractivity contribution in [2.45, 2.75) is 38.8 Å². The molecule has 1 aromatic carbocycles. The number of nitrogens with one attached hydrogen (secondary N) is 2. The summed E-state index contributed by atoms with van der Waals surface area (Å²) in [7, 11) is 1.80. The molecule has 7 nitrogen and oxygen atoms in total. The summed E-state index contributed by atoms with van der Waals surface area (Å²) in [6.45, 7) is 5.35. The predicted molar refractivity (Wildman–Crippen MR) is 107 cm³/mol. The van der Waals surface area contributed by atoms with Gasteiger partial charge in [-0.2, -0.15) is 0 Å². The zero-order valence-corrected chi connectivity index (χ0v) is 16.3. The number of aliphatic imine (C=N–C) groups is 1. The first kappa shape index (κ1) is 19.4. The molecule has 2 aromatic rings. The standard InChI is InChI=1S/C20H30N6O/c1-3-18-25-24-15-26(18)12-11-22-20(21-2)23-14-17-10-7-13-27-19(17)16-8-5-4-6-9-16/h4-6,8-9,15,17,19H,3,7,10-14H2,1-2H3,(H2,21,22,23). The SMILES string of the molecule is CCc1nncn1CCNC(=NC)NCC1CCCOC1c1ccccc1. The molecule has 2 unspecified atom stereocenters. The van der Waals surface area contributed by atoms with Crippen LogP contribution in [0.2, 0.25) is 0 Å². The highest BCUT2D eigenvalue weighted by Gasteiger charge is 2.27. The van der Waals surface area contributed by atoms with Crippen molar-refractivity contribution in [3.8, 4) is 0 Å². The van der Waals surface area contributed by atoms with E-state index >= 15 is 0 Å². The van der Waals surface area contributed by atoms with Gasteiger partial charge >= 0.3 is 0 Å². The van der Waals surface area contributed by atoms with Crippen molar-refractivity contribution in [2.24, 2.45) is 10.9 Å². The van der Waals surface area contributed by atoms with Crippen molar-refractivity contribution >= 4 is 5.96 Å². The summed E-state index contributed by atoms with van der Waals surface area (Å²) in [4.78, 5) is 4.34. The van der Waals surface area contributed by atoms with E-state index in [4.69, 9.17) is 4.74 Å². The van der Waals surface area contributed by atoms with Gasteiger partial charge in [0.15, 0.2) is 5.96 Å². The number of aryl methyl sites for hydroxylation is 1. The zero-order chi connectivity index (χ0) is 18.9. The monoisotopic (exact) mass is 370 g/mol. The molecule has 0 amide bonds. The van der Waals surface area contributed by atoms with Crippen molar-refractivity contribution in [1.29, 1.82) is 0 Å². The van der Waals surface area contributed by atoms with Crippen LogP contribution in [0.5, 0.6) is 0 Å². The molecule has 1 aliphatic rings. The van der Waals surface area contributed by atoms with E-state index in [1.54, 1.807) is 13.4 Å². The van der Waals surface area contributed by atoms with Crippen molar-refractivity contribution in [2.75, 3.05) is 26.7 Å². The number of aromatic nitrogens is 3. The second-order valence-electron chi connectivity index (χ2n) is 6.78. The maximum atomic E-state index is 6.08. The number of rotatable bonds is 7. The minimum Gasteiger partial charge on any atom is -0.373 e. The molecule has 7 heteroatoms. The lowest BCUT2D eigenvalue weighted by Crippen LogP contribution is -2.42. The van der Waals surface area contributed by atoms with E-state index in [-0.39, 0.29) is 6.10 Å². The van der Waals surface area contributed by atoms with Gasteiger partial charge in [0.25, 0.3) is 0 Å². The Morgan fingerprint density at radius 3 is 2.93 bits per heavy atom. The lowest BCUT2D eigenvalue weighted by Gasteiger charge is -2.32. The average Bonchev–Trinajstić information content (AvgIpc) is 3.19. The molecule has 0 aliphatic carbocycles. The second-order valence-corrected chi connectivity index (χ2v) is 6.78. The summed E-state index contributed by atoms with van der Waals surface area (Å²) < 4.78 is 8.15. The van der Waals surface area contributed by atoms with Crippen LogP contribution in [-0.2, 0) is 17.7 Å². The van der Waals surface area contributed by atoms with Gasteiger partial charge in [0, 0.05) is 45.6 Å². The Balaban J connectivity index is 1.49. The Kier molecular flexibility index (Phi) is 7.21. The van der Waals surface area contributed by atoms with Crippen LogP contribution in [0.4, 0.5) is 0 Å². The highest BCUT2D eigenvalue weighted by Crippen LogP contribution is 2.32. The Morgan fingerprint density at radius 2 is 2.15 bits per heavy atom. The molecule has 0 spiro atoms. The molecule has 1 fully saturated rings. The quantitative estimate of drug-likeness (QED) is 0.577. The van der Waals surface area contributed by atoms with Gasteiger partial charge in [-0.1, -0.05) is 37.3 Å². The van der Waals surface area contributed by atoms with Gasteiger partial charge in [0.1, 0.15) is 12.2 Å². The van der Waals surface area contributed by atoms with Gasteiger partial charge in [-0.25, -0.2) is 0 Å². The van der Waals surface area contributed by atoms with E-state index in [1.165, 1.54) is 5.56 Å². The van der Waals surface area contributed by atoms with Crippen LogP contribution in [0, 0.1) is 5.92 Å². The number of ether oxygens (including phenoxy) is 1. The molecule has 2 N–H and O–H groups in total. The fraction of sp³-hybridized carbons (Fsp3) is 0.550. The number of benzene rings is 1. The summed E-state index contributed by atoms with van der Waals surface area (Å²) >= 11 is 0. The molecule has 1 aliphatic heterocycles. The predicted octanol–water partition coefficient (Wildman–Crippen LogP) is 2.17. The second kappa shape index (κ2) is 10.1. The van der Waals surface area contributed by atoms with Crippen molar-refractivity contribution in [3.63, 3.8) is 0 Å². The maximum Gasteiger partial charge on any atom is 0.191 e. The van der Waals surface area contributed by atoms with Crippen LogP contribution in [-0.4, -0.2) is 47.5 Å². The van der Waals surface area contributed by atoms with Crippen LogP contribution in [0.1, 0.15) is 37.3 Å². The first-order chi connectivity index (χ1) is 13.3. The minimum absolute atomic E-state index is 0.148. The van der Waals surface area contributed by atoms with Gasteiger partial charge < -0.3 is 19.9 Å². The maximum absolute atomic E-state index is 6.08. The lowest BCUT2D eigenvalue weighted by molar-refractivity contribution is -0.0265. The zero-order valence-electron chi connectivity index (χ0n) is 16.3. The summed E-state index contributed by atoms with van der Waals surface area (Å²) in [5, 5.41) is 14.9. The van der Waals surface area contributed by atoms with E-state index in [0.717, 1.165) is 57.3 Å². The van der Waals surface area contributed by atoms with E-state index in [1.807, 2.05) is 6.07 Å². The number of guanidine groups is 1. The molecule has 0 radical (unpaired) electrons. The van der Waals surface area contributed by atoms with Crippen molar-refractivity contribution < 1.29 is 4.74 Å². The van der Waals surface area contributed by atoms with Crippen LogP contribution < -0.4 is 10.6 Å². The Morgan fingerprint density at radius 1 is 1.30 bits per heavy atom. The highest BCUT2D eigenvalue weighted by molar-refractivity contribution is 5.79. The molecule has 2 atom stereocenters. The van der Waals surface area contributed by atoms with Gasteiger partial charge in [0.05, 0.1) is 6.10 Å². The third-order valence-corrected chi connectivity index (χ3v) is 4.99. The van der Waals surface area contributed by atoms with Crippen LogP contribution >= 0.6 is 0 Å². The molecule has 3 rings (SSSR count). The molecular weight excluding hydrogens is 340 g/mol. The summed E-state index contributed by atoms with van der Waals surface area (Å²) in [5.41, 5.74) is 1.26. The third-order valence-electron chi connectivity index (χ3n) is 4.99. The molecule has 1 aromatic heterocycles. The first-order valence-corrected chi connectivity index (χ1v) is 9.79. The lowest BCUT2D eigenvalue weighted by atomic mass is 9.89. The largest absolute Gasteiger partial charge is 0.373 e. The van der Waals surface area contributed by atoms with Crippen molar-refractivity contribution in [3.05, 3.63) is 48.0 Å². The number of hydrogen-bond donors (Lipinski definition) is 2. The molecule has 0 bridgehead atoms. The van der Waals surface area contributed by atoms with Crippen LogP contribution in [0.25, 0.3) is 0 Å².